The summed E-state index contributed by atoms with van der Waals surface area (Å²) in [5.41, 5.74) is 6.11. The van der Waals surface area contributed by atoms with Gasteiger partial charge in [-0.05, 0) is 37.3 Å². The Labute approximate surface area is 167 Å². The van der Waals surface area contributed by atoms with Crippen LogP contribution in [0.5, 0.6) is 0 Å². The molecule has 3 amide bonds. The number of aromatic nitrogens is 1. The van der Waals surface area contributed by atoms with Gasteiger partial charge < -0.3 is 16.4 Å². The van der Waals surface area contributed by atoms with E-state index in [1.807, 2.05) is 0 Å². The number of nitrogens with one attached hydrogen (secondary N) is 2. The number of carbonyl (C=O) groups is 2. The molecular weight excluding hydrogens is 405 g/mol. The van der Waals surface area contributed by atoms with E-state index >= 15 is 0 Å². The number of halogens is 3. The number of thiazole rings is 1. The van der Waals surface area contributed by atoms with Gasteiger partial charge in [0.15, 0.2) is 0 Å². The molecule has 4 N–H and O–H groups in total. The molecule has 0 fully saturated rings. The maximum atomic E-state index is 12.7. The molecule has 6 nitrogen and oxygen atoms in total. The van der Waals surface area contributed by atoms with E-state index in [-0.39, 0.29) is 0 Å². The average Bonchev–Trinajstić information content (AvgIpc) is 3.03. The molecule has 0 aliphatic carbocycles. The van der Waals surface area contributed by atoms with E-state index in [2.05, 4.69) is 15.6 Å². The van der Waals surface area contributed by atoms with Crippen LogP contribution in [0.1, 0.15) is 20.9 Å². The summed E-state index contributed by atoms with van der Waals surface area (Å²) < 4.78 is 38.1. The van der Waals surface area contributed by atoms with Crippen LogP contribution < -0.4 is 16.4 Å². The molecule has 0 radical (unpaired) electrons. The van der Waals surface area contributed by atoms with Gasteiger partial charge in [-0.15, -0.1) is 11.3 Å². The van der Waals surface area contributed by atoms with Gasteiger partial charge in [-0.3, -0.25) is 4.79 Å². The van der Waals surface area contributed by atoms with Crippen molar-refractivity contribution in [1.82, 2.24) is 4.98 Å². The number of carbonyl (C=O) groups excluding carboxylic acids is 2. The Morgan fingerprint density at radius 2 is 1.66 bits per heavy atom. The van der Waals surface area contributed by atoms with Crippen LogP contribution in [0.2, 0.25) is 0 Å². The van der Waals surface area contributed by atoms with Gasteiger partial charge >= 0.3 is 12.2 Å². The van der Waals surface area contributed by atoms with Crippen LogP contribution in [0.3, 0.4) is 0 Å². The van der Waals surface area contributed by atoms with E-state index < -0.39 is 23.7 Å². The van der Waals surface area contributed by atoms with Crippen LogP contribution in [0.15, 0.2) is 48.5 Å². The molecule has 3 rings (SSSR count). The summed E-state index contributed by atoms with van der Waals surface area (Å²) >= 11 is 1.07. The smallest absolute Gasteiger partial charge is 0.351 e. The minimum Gasteiger partial charge on any atom is -0.351 e. The molecule has 0 aliphatic heterocycles. The normalized spacial score (nSPS) is 11.2. The second kappa shape index (κ2) is 7.92. The van der Waals surface area contributed by atoms with Crippen molar-refractivity contribution in [2.24, 2.45) is 5.73 Å². The third-order valence-electron chi connectivity index (χ3n) is 3.85. The van der Waals surface area contributed by atoms with Gasteiger partial charge in [-0.25, -0.2) is 9.78 Å². The third-order valence-corrected chi connectivity index (χ3v) is 5.06. The van der Waals surface area contributed by atoms with Gasteiger partial charge in [0.1, 0.15) is 9.88 Å². The minimum atomic E-state index is -4.42. The van der Waals surface area contributed by atoms with E-state index in [1.54, 1.807) is 25.1 Å². The number of nitrogens with two attached hydrogens (primary N) is 1. The fourth-order valence-corrected chi connectivity index (χ4v) is 3.50. The van der Waals surface area contributed by atoms with Crippen molar-refractivity contribution < 1.29 is 22.8 Å². The van der Waals surface area contributed by atoms with Gasteiger partial charge in [-0.2, -0.15) is 13.2 Å². The lowest BCUT2D eigenvalue weighted by Crippen LogP contribution is -2.19. The third kappa shape index (κ3) is 4.91. The van der Waals surface area contributed by atoms with Gasteiger partial charge in [-0.1, -0.05) is 18.2 Å². The maximum Gasteiger partial charge on any atom is 0.416 e. The van der Waals surface area contributed by atoms with Crippen LogP contribution >= 0.6 is 11.3 Å². The Morgan fingerprint density at radius 3 is 2.24 bits per heavy atom. The summed E-state index contributed by atoms with van der Waals surface area (Å²) in [6.45, 7) is 1.64. The summed E-state index contributed by atoms with van der Waals surface area (Å²) in [6, 6.07) is 10.3. The van der Waals surface area contributed by atoms with Crippen molar-refractivity contribution in [3.63, 3.8) is 0 Å². The molecule has 150 valence electrons. The first-order valence-corrected chi connectivity index (χ1v) is 9.08. The molecule has 0 aliphatic rings. The second-order valence-corrected chi connectivity index (χ2v) is 7.03. The Balaban J connectivity index is 1.79. The van der Waals surface area contributed by atoms with Crippen LogP contribution in [-0.4, -0.2) is 16.9 Å². The van der Waals surface area contributed by atoms with E-state index in [9.17, 15) is 22.8 Å². The van der Waals surface area contributed by atoms with Crippen molar-refractivity contribution >= 4 is 34.6 Å². The second-order valence-electron chi connectivity index (χ2n) is 6.03. The molecule has 1 aromatic heterocycles. The Kier molecular flexibility index (Phi) is 5.55. The molecule has 1 heterocycles. The summed E-state index contributed by atoms with van der Waals surface area (Å²) in [5, 5.41) is 5.54. The van der Waals surface area contributed by atoms with Crippen LogP contribution in [-0.2, 0) is 6.18 Å². The monoisotopic (exact) mass is 420 g/mol. The predicted molar refractivity (Wildman–Crippen MR) is 105 cm³/mol. The van der Waals surface area contributed by atoms with Crippen LogP contribution in [0.25, 0.3) is 10.6 Å². The first-order chi connectivity index (χ1) is 13.6. The first kappa shape index (κ1) is 20.3. The van der Waals surface area contributed by atoms with Crippen molar-refractivity contribution in [3.05, 3.63) is 64.7 Å². The van der Waals surface area contributed by atoms with E-state index in [4.69, 9.17) is 5.73 Å². The van der Waals surface area contributed by atoms with E-state index in [0.29, 0.717) is 32.5 Å². The fourth-order valence-electron chi connectivity index (χ4n) is 2.54. The number of nitrogens with zero attached hydrogens (tertiary/aromatic N) is 1. The molecule has 0 saturated heterocycles. The summed E-state index contributed by atoms with van der Waals surface area (Å²) in [5.74, 6) is -0.422. The summed E-state index contributed by atoms with van der Waals surface area (Å²) in [7, 11) is 0. The van der Waals surface area contributed by atoms with Crippen molar-refractivity contribution in [2.45, 2.75) is 13.1 Å². The molecule has 10 heteroatoms. The Hall–Kier alpha value is -3.40. The first-order valence-electron chi connectivity index (χ1n) is 8.26. The number of primary amides is 1. The van der Waals surface area contributed by atoms with Crippen LogP contribution in [0, 0.1) is 6.92 Å². The van der Waals surface area contributed by atoms with Gasteiger partial charge in [0, 0.05) is 16.9 Å². The SMILES string of the molecule is Cc1nc(-c2ccc(C(F)(F)F)cc2)sc1C(=O)Nc1cccc(NC(N)=O)c1. The molecule has 2 aromatic carbocycles. The zero-order valence-corrected chi connectivity index (χ0v) is 15.8. The summed E-state index contributed by atoms with van der Waals surface area (Å²) in [4.78, 5) is 28.2. The number of anilines is 2. The zero-order valence-electron chi connectivity index (χ0n) is 15.0. The summed E-state index contributed by atoms with van der Waals surface area (Å²) in [6.07, 6.45) is -4.42. The highest BCUT2D eigenvalue weighted by Gasteiger charge is 2.30. The lowest BCUT2D eigenvalue weighted by atomic mass is 10.1. The molecule has 0 unspecified atom stereocenters. The number of amides is 3. The molecule has 0 atom stereocenters. The topological polar surface area (TPSA) is 97.1 Å². The molecule has 0 saturated carbocycles. The number of benzene rings is 2. The number of rotatable bonds is 4. The van der Waals surface area contributed by atoms with E-state index in [0.717, 1.165) is 23.5 Å². The average molecular weight is 420 g/mol. The highest BCUT2D eigenvalue weighted by Crippen LogP contribution is 2.33. The number of urea groups is 1. The van der Waals surface area contributed by atoms with Gasteiger partial charge in [0.05, 0.1) is 11.3 Å². The molecule has 0 bridgehead atoms. The number of alkyl halides is 3. The molecule has 0 spiro atoms. The highest BCUT2D eigenvalue weighted by atomic mass is 32.1. The van der Waals surface area contributed by atoms with Gasteiger partial charge in [0.25, 0.3) is 5.91 Å². The standard InChI is InChI=1S/C19H15F3N4O2S/c1-10-15(16(27)25-13-3-2-4-14(9-13)26-18(23)28)29-17(24-10)11-5-7-12(8-6-11)19(20,21)22/h2-9H,1H3,(H,25,27)(H3,23,26,28). The zero-order chi connectivity index (χ0) is 21.2. The van der Waals surface area contributed by atoms with Crippen molar-refractivity contribution in [3.8, 4) is 10.6 Å². The number of hydrogen-bond acceptors (Lipinski definition) is 4. The highest BCUT2D eigenvalue weighted by molar-refractivity contribution is 7.17. The predicted octanol–water partition coefficient (Wildman–Crippen LogP) is 4.88. The molecule has 29 heavy (non-hydrogen) atoms. The van der Waals surface area contributed by atoms with Crippen molar-refractivity contribution in [2.75, 3.05) is 10.6 Å². The minimum absolute atomic E-state index is 0.327. The number of hydrogen-bond donors (Lipinski definition) is 3. The van der Waals surface area contributed by atoms with Crippen LogP contribution in [0.4, 0.5) is 29.3 Å². The quantitative estimate of drug-likeness (QED) is 0.561. The fraction of sp³-hybridized carbons (Fsp3) is 0.105. The molecule has 3 aromatic rings. The Bertz CT molecular complexity index is 1060. The Morgan fingerprint density at radius 1 is 1.03 bits per heavy atom. The molecular formula is C19H15F3N4O2S. The maximum absolute atomic E-state index is 12.7. The van der Waals surface area contributed by atoms with E-state index in [1.165, 1.54) is 18.2 Å². The van der Waals surface area contributed by atoms with Gasteiger partial charge in [0.2, 0.25) is 0 Å². The lowest BCUT2D eigenvalue weighted by Gasteiger charge is -2.07. The van der Waals surface area contributed by atoms with Crippen molar-refractivity contribution in [1.29, 1.82) is 0 Å². The largest absolute Gasteiger partial charge is 0.416 e. The lowest BCUT2D eigenvalue weighted by molar-refractivity contribution is -0.137. The number of aryl methyl sites for hydroxylation is 1.